The molecule has 23 heavy (non-hydrogen) atoms. The van der Waals surface area contributed by atoms with E-state index in [1.54, 1.807) is 0 Å². The van der Waals surface area contributed by atoms with Gasteiger partial charge in [-0.05, 0) is 29.3 Å². The van der Waals surface area contributed by atoms with E-state index in [0.29, 0.717) is 4.99 Å². The van der Waals surface area contributed by atoms with Crippen molar-refractivity contribution in [3.8, 4) is 0 Å². The van der Waals surface area contributed by atoms with Gasteiger partial charge in [0, 0.05) is 35.9 Å². The van der Waals surface area contributed by atoms with Gasteiger partial charge in [0.15, 0.2) is 0 Å². The summed E-state index contributed by atoms with van der Waals surface area (Å²) in [7, 11) is 0. The lowest BCUT2D eigenvalue weighted by Gasteiger charge is -2.09. The molecule has 116 valence electrons. The van der Waals surface area contributed by atoms with Crippen LogP contribution in [0.1, 0.15) is 22.5 Å². The van der Waals surface area contributed by atoms with Crippen LogP contribution in [0.2, 0.25) is 5.02 Å². The molecule has 0 amide bonds. The van der Waals surface area contributed by atoms with Gasteiger partial charge in [0.25, 0.3) is 0 Å². The molecule has 0 bridgehead atoms. The van der Waals surface area contributed by atoms with Crippen LogP contribution in [-0.4, -0.2) is 14.5 Å². The fourth-order valence-electron chi connectivity index (χ4n) is 2.50. The van der Waals surface area contributed by atoms with Gasteiger partial charge in [-0.3, -0.25) is 0 Å². The van der Waals surface area contributed by atoms with E-state index in [1.807, 2.05) is 48.8 Å². The lowest BCUT2D eigenvalue weighted by atomic mass is 10.1. The first kappa shape index (κ1) is 15.7. The summed E-state index contributed by atoms with van der Waals surface area (Å²) in [6.07, 6.45) is 4.53. The third-order valence-corrected chi connectivity index (χ3v) is 4.09. The zero-order chi connectivity index (χ0) is 16.2. The van der Waals surface area contributed by atoms with Crippen molar-refractivity contribution >= 4 is 28.8 Å². The summed E-state index contributed by atoms with van der Waals surface area (Å²) < 4.78 is 2.12. The molecule has 0 fully saturated rings. The van der Waals surface area contributed by atoms with Gasteiger partial charge in [-0.15, -0.1) is 0 Å². The van der Waals surface area contributed by atoms with Crippen molar-refractivity contribution in [3.05, 3.63) is 88.5 Å². The van der Waals surface area contributed by atoms with Crippen LogP contribution in [-0.2, 0) is 13.0 Å². The van der Waals surface area contributed by atoms with E-state index in [2.05, 4.69) is 21.7 Å². The van der Waals surface area contributed by atoms with Crippen LogP contribution in [0.5, 0.6) is 0 Å². The maximum Gasteiger partial charge on any atom is 0.113 e. The van der Waals surface area contributed by atoms with E-state index >= 15 is 0 Å². The quantitative estimate of drug-likeness (QED) is 0.718. The van der Waals surface area contributed by atoms with Crippen molar-refractivity contribution in [2.45, 2.75) is 13.0 Å². The largest absolute Gasteiger partial charge is 0.389 e. The summed E-state index contributed by atoms with van der Waals surface area (Å²) in [5.74, 6) is 0.994. The fraction of sp³-hybridized carbons (Fsp3) is 0.111. The maximum atomic E-state index is 6.05. The third kappa shape index (κ3) is 3.97. The SMILES string of the molecule is NC(=S)c1cccc(Cn2ccnc2Cc2cccc(Cl)c2)c1. The highest BCUT2D eigenvalue weighted by Crippen LogP contribution is 2.15. The summed E-state index contributed by atoms with van der Waals surface area (Å²) in [6, 6.07) is 15.8. The molecule has 0 atom stereocenters. The molecule has 3 aromatic rings. The number of benzene rings is 2. The Balaban J connectivity index is 1.81. The monoisotopic (exact) mass is 341 g/mol. The molecule has 0 aliphatic heterocycles. The number of thiocarbonyl (C=S) groups is 1. The first-order valence-corrected chi connectivity index (χ1v) is 8.03. The first-order valence-electron chi connectivity index (χ1n) is 7.25. The summed E-state index contributed by atoms with van der Waals surface area (Å²) in [5, 5.41) is 0.741. The molecular weight excluding hydrogens is 326 g/mol. The Morgan fingerprint density at radius 2 is 1.91 bits per heavy atom. The lowest BCUT2D eigenvalue weighted by molar-refractivity contribution is 0.740. The van der Waals surface area contributed by atoms with Crippen LogP contribution in [0.15, 0.2) is 60.9 Å². The molecule has 5 heteroatoms. The molecule has 0 aliphatic carbocycles. The van der Waals surface area contributed by atoms with Crippen molar-refractivity contribution in [3.63, 3.8) is 0 Å². The predicted molar refractivity (Wildman–Crippen MR) is 97.9 cm³/mol. The number of rotatable bonds is 5. The van der Waals surface area contributed by atoms with Crippen molar-refractivity contribution in [1.29, 1.82) is 0 Å². The number of hydrogen-bond acceptors (Lipinski definition) is 2. The number of aromatic nitrogens is 2. The predicted octanol–water partition coefficient (Wildman–Crippen LogP) is 3.81. The molecule has 0 saturated carbocycles. The van der Waals surface area contributed by atoms with Crippen LogP contribution in [0, 0.1) is 0 Å². The maximum absolute atomic E-state index is 6.05. The van der Waals surface area contributed by atoms with E-state index in [1.165, 1.54) is 0 Å². The molecule has 3 nitrogen and oxygen atoms in total. The van der Waals surface area contributed by atoms with Crippen LogP contribution >= 0.6 is 23.8 Å². The summed E-state index contributed by atoms with van der Waals surface area (Å²) in [5.41, 5.74) is 8.87. The smallest absolute Gasteiger partial charge is 0.113 e. The zero-order valence-corrected chi connectivity index (χ0v) is 14.0. The Labute approximate surface area is 145 Å². The minimum Gasteiger partial charge on any atom is -0.389 e. The van der Waals surface area contributed by atoms with Crippen molar-refractivity contribution in [1.82, 2.24) is 9.55 Å². The topological polar surface area (TPSA) is 43.8 Å². The fourth-order valence-corrected chi connectivity index (χ4v) is 2.84. The molecule has 0 spiro atoms. The molecule has 3 rings (SSSR count). The number of halogens is 1. The molecule has 0 saturated heterocycles. The lowest BCUT2D eigenvalue weighted by Crippen LogP contribution is -2.10. The molecule has 1 heterocycles. The second-order valence-corrected chi connectivity index (χ2v) is 6.22. The average Bonchev–Trinajstić information content (AvgIpc) is 2.94. The van der Waals surface area contributed by atoms with E-state index in [0.717, 1.165) is 40.5 Å². The Bertz CT molecular complexity index is 842. The van der Waals surface area contributed by atoms with Crippen molar-refractivity contribution < 1.29 is 0 Å². The number of hydrogen-bond donors (Lipinski definition) is 1. The summed E-state index contributed by atoms with van der Waals surface area (Å²) in [4.78, 5) is 4.88. The van der Waals surface area contributed by atoms with Crippen molar-refractivity contribution in [2.75, 3.05) is 0 Å². The van der Waals surface area contributed by atoms with E-state index < -0.39 is 0 Å². The Kier molecular flexibility index (Phi) is 4.74. The minimum absolute atomic E-state index is 0.414. The Morgan fingerprint density at radius 3 is 2.70 bits per heavy atom. The zero-order valence-electron chi connectivity index (χ0n) is 12.4. The van der Waals surface area contributed by atoms with Crippen LogP contribution in [0.4, 0.5) is 0 Å². The number of nitrogens with two attached hydrogens (primary N) is 1. The third-order valence-electron chi connectivity index (χ3n) is 3.62. The summed E-state index contributed by atoms with van der Waals surface area (Å²) >= 11 is 11.1. The van der Waals surface area contributed by atoms with Gasteiger partial charge in [-0.2, -0.15) is 0 Å². The van der Waals surface area contributed by atoms with Gasteiger partial charge in [-0.25, -0.2) is 4.98 Å². The highest BCUT2D eigenvalue weighted by Gasteiger charge is 2.06. The highest BCUT2D eigenvalue weighted by molar-refractivity contribution is 7.80. The van der Waals surface area contributed by atoms with E-state index in [-0.39, 0.29) is 0 Å². The summed E-state index contributed by atoms with van der Waals surface area (Å²) in [6.45, 7) is 0.729. The van der Waals surface area contributed by atoms with Gasteiger partial charge in [0.1, 0.15) is 10.8 Å². The van der Waals surface area contributed by atoms with Crippen LogP contribution in [0.3, 0.4) is 0 Å². The molecule has 0 aliphatic rings. The van der Waals surface area contributed by atoms with Gasteiger partial charge < -0.3 is 10.3 Å². The number of nitrogens with zero attached hydrogens (tertiary/aromatic N) is 2. The second kappa shape index (κ2) is 6.94. The molecule has 2 aromatic carbocycles. The molecular formula is C18H16ClN3S. The van der Waals surface area contributed by atoms with Gasteiger partial charge in [0.2, 0.25) is 0 Å². The van der Waals surface area contributed by atoms with Gasteiger partial charge in [0.05, 0.1) is 0 Å². The second-order valence-electron chi connectivity index (χ2n) is 5.34. The molecule has 1 aromatic heterocycles. The highest BCUT2D eigenvalue weighted by atomic mass is 35.5. The van der Waals surface area contributed by atoms with E-state index in [4.69, 9.17) is 29.6 Å². The van der Waals surface area contributed by atoms with Gasteiger partial charge in [-0.1, -0.05) is 54.2 Å². The van der Waals surface area contributed by atoms with E-state index in [9.17, 15) is 0 Å². The van der Waals surface area contributed by atoms with Crippen LogP contribution in [0.25, 0.3) is 0 Å². The first-order chi connectivity index (χ1) is 11.1. The minimum atomic E-state index is 0.414. The van der Waals surface area contributed by atoms with Crippen LogP contribution < -0.4 is 5.73 Å². The molecule has 0 unspecified atom stereocenters. The normalized spacial score (nSPS) is 10.7. The number of imidazole rings is 1. The Hall–Kier alpha value is -2.17. The molecule has 2 N–H and O–H groups in total. The average molecular weight is 342 g/mol. The standard InChI is InChI=1S/C18H16ClN3S/c19-16-6-2-3-13(10-16)11-17-21-7-8-22(17)12-14-4-1-5-15(9-14)18(20)23/h1-10H,11-12H2,(H2,20,23). The molecule has 0 radical (unpaired) electrons. The Morgan fingerprint density at radius 1 is 1.13 bits per heavy atom. The van der Waals surface area contributed by atoms with Crippen molar-refractivity contribution in [2.24, 2.45) is 5.73 Å². The van der Waals surface area contributed by atoms with Gasteiger partial charge >= 0.3 is 0 Å².